The summed E-state index contributed by atoms with van der Waals surface area (Å²) in [7, 11) is 0. The predicted molar refractivity (Wildman–Crippen MR) is 98.6 cm³/mol. The second-order valence-corrected chi connectivity index (χ2v) is 6.67. The summed E-state index contributed by atoms with van der Waals surface area (Å²) in [5.41, 5.74) is 2.59. The monoisotopic (exact) mass is 352 g/mol. The average Bonchev–Trinajstić information content (AvgIpc) is 3.13. The third-order valence-electron chi connectivity index (χ3n) is 5.13. The Bertz CT molecular complexity index is 515. The highest BCUT2D eigenvalue weighted by Gasteiger charge is 2.28. The summed E-state index contributed by atoms with van der Waals surface area (Å²) in [6, 6.07) is 8.90. The lowest BCUT2D eigenvalue weighted by atomic mass is 9.98. The topological polar surface area (TPSA) is 41.6 Å². The van der Waals surface area contributed by atoms with Crippen molar-refractivity contribution < 1.29 is 9.53 Å². The van der Waals surface area contributed by atoms with E-state index in [1.54, 1.807) is 0 Å². The lowest BCUT2D eigenvalue weighted by molar-refractivity contribution is -0.134. The summed E-state index contributed by atoms with van der Waals surface area (Å²) in [5.74, 6) is 0.868. The molecule has 1 aromatic rings. The van der Waals surface area contributed by atoms with Crippen LogP contribution in [0.5, 0.6) is 0 Å². The molecule has 0 aromatic heterocycles. The number of hydrogen-bond donors (Lipinski definition) is 1. The number of benzene rings is 1. The molecule has 0 saturated carbocycles. The highest BCUT2D eigenvalue weighted by atomic mass is 35.5. The van der Waals surface area contributed by atoms with Crippen LogP contribution in [-0.2, 0) is 16.0 Å². The zero-order chi connectivity index (χ0) is 16.1. The van der Waals surface area contributed by atoms with Crippen molar-refractivity contribution in [2.24, 2.45) is 5.92 Å². The van der Waals surface area contributed by atoms with Gasteiger partial charge in [-0.05, 0) is 36.3 Å². The van der Waals surface area contributed by atoms with Crippen LogP contribution in [0.15, 0.2) is 24.3 Å². The molecule has 24 heavy (non-hydrogen) atoms. The second kappa shape index (κ2) is 9.40. The highest BCUT2D eigenvalue weighted by molar-refractivity contribution is 5.85. The zero-order valence-electron chi connectivity index (χ0n) is 14.5. The molecule has 2 unspecified atom stereocenters. The van der Waals surface area contributed by atoms with Gasteiger partial charge in [-0.3, -0.25) is 4.79 Å². The van der Waals surface area contributed by atoms with Crippen LogP contribution in [0.3, 0.4) is 0 Å². The summed E-state index contributed by atoms with van der Waals surface area (Å²) in [5, 5.41) is 3.43. The highest BCUT2D eigenvalue weighted by Crippen LogP contribution is 2.25. The van der Waals surface area contributed by atoms with Crippen LogP contribution in [0, 0.1) is 5.92 Å². The van der Waals surface area contributed by atoms with E-state index >= 15 is 0 Å². The van der Waals surface area contributed by atoms with Crippen molar-refractivity contribution in [3.8, 4) is 0 Å². The van der Waals surface area contributed by atoms with Gasteiger partial charge in [-0.2, -0.15) is 0 Å². The molecule has 4 nitrogen and oxygen atoms in total. The van der Waals surface area contributed by atoms with Crippen molar-refractivity contribution >= 4 is 18.3 Å². The van der Waals surface area contributed by atoms with Crippen LogP contribution in [0.2, 0.25) is 0 Å². The first-order valence-electron chi connectivity index (χ1n) is 8.94. The van der Waals surface area contributed by atoms with Gasteiger partial charge in [0.15, 0.2) is 0 Å². The van der Waals surface area contributed by atoms with Gasteiger partial charge in [0, 0.05) is 39.3 Å². The minimum absolute atomic E-state index is 0. The van der Waals surface area contributed by atoms with E-state index in [1.165, 1.54) is 11.1 Å². The largest absolute Gasteiger partial charge is 0.381 e. The Morgan fingerprint density at radius 3 is 2.79 bits per heavy atom. The van der Waals surface area contributed by atoms with Crippen molar-refractivity contribution in [3.05, 3.63) is 35.4 Å². The molecule has 3 rings (SSSR count). The van der Waals surface area contributed by atoms with Gasteiger partial charge in [0.25, 0.3) is 0 Å². The van der Waals surface area contributed by atoms with E-state index in [0.29, 0.717) is 18.2 Å². The van der Waals surface area contributed by atoms with Crippen molar-refractivity contribution in [1.82, 2.24) is 10.2 Å². The maximum Gasteiger partial charge on any atom is 0.223 e. The number of aryl methyl sites for hydroxylation is 1. The number of piperazine rings is 1. The molecule has 2 fully saturated rings. The number of nitrogens with zero attached hydrogens (tertiary/aromatic N) is 1. The molecule has 1 aromatic carbocycles. The Morgan fingerprint density at radius 2 is 2.12 bits per heavy atom. The average molecular weight is 353 g/mol. The molecule has 5 heteroatoms. The smallest absolute Gasteiger partial charge is 0.223 e. The number of nitrogens with one attached hydrogen (secondary N) is 1. The van der Waals surface area contributed by atoms with Crippen LogP contribution < -0.4 is 5.32 Å². The van der Waals surface area contributed by atoms with Crippen LogP contribution in [0.4, 0.5) is 0 Å². The van der Waals surface area contributed by atoms with Gasteiger partial charge >= 0.3 is 0 Å². The number of ether oxygens (including phenoxy) is 1. The number of rotatable bonds is 5. The van der Waals surface area contributed by atoms with Gasteiger partial charge in [0.05, 0.1) is 6.04 Å². The third kappa shape index (κ3) is 4.71. The number of hydrogen-bond acceptors (Lipinski definition) is 3. The maximum absolute atomic E-state index is 12.7. The Labute approximate surface area is 151 Å². The molecule has 134 valence electrons. The predicted octanol–water partition coefficient (Wildman–Crippen LogP) is 2.96. The fourth-order valence-electron chi connectivity index (χ4n) is 3.56. The number of halogens is 1. The van der Waals surface area contributed by atoms with E-state index in [4.69, 9.17) is 4.74 Å². The molecule has 2 heterocycles. The molecule has 0 radical (unpaired) electrons. The molecule has 0 spiro atoms. The van der Waals surface area contributed by atoms with E-state index in [-0.39, 0.29) is 18.4 Å². The molecule has 1 N–H and O–H groups in total. The van der Waals surface area contributed by atoms with E-state index in [1.807, 2.05) is 0 Å². The first-order valence-corrected chi connectivity index (χ1v) is 8.94. The van der Waals surface area contributed by atoms with Gasteiger partial charge in [-0.25, -0.2) is 0 Å². The van der Waals surface area contributed by atoms with Crippen molar-refractivity contribution in [2.75, 3.05) is 32.8 Å². The van der Waals surface area contributed by atoms with E-state index in [0.717, 1.165) is 52.1 Å². The lowest BCUT2D eigenvalue weighted by Crippen LogP contribution is -2.48. The summed E-state index contributed by atoms with van der Waals surface area (Å²) < 4.78 is 5.41. The third-order valence-corrected chi connectivity index (χ3v) is 5.13. The molecule has 2 saturated heterocycles. The maximum atomic E-state index is 12.7. The second-order valence-electron chi connectivity index (χ2n) is 6.67. The zero-order valence-corrected chi connectivity index (χ0v) is 15.3. The van der Waals surface area contributed by atoms with Gasteiger partial charge in [0.1, 0.15) is 0 Å². The van der Waals surface area contributed by atoms with Crippen LogP contribution in [0.1, 0.15) is 43.4 Å². The molecular weight excluding hydrogens is 324 g/mol. The van der Waals surface area contributed by atoms with Crippen LogP contribution >= 0.6 is 12.4 Å². The van der Waals surface area contributed by atoms with Crippen LogP contribution in [-0.4, -0.2) is 43.7 Å². The molecule has 0 aliphatic carbocycles. The Kier molecular flexibility index (Phi) is 7.53. The molecule has 1 amide bonds. The fraction of sp³-hybridized carbons (Fsp3) is 0.632. The van der Waals surface area contributed by atoms with Crippen molar-refractivity contribution in [2.45, 2.75) is 38.6 Å². The van der Waals surface area contributed by atoms with Gasteiger partial charge in [-0.15, -0.1) is 12.4 Å². The van der Waals surface area contributed by atoms with Crippen molar-refractivity contribution in [3.63, 3.8) is 0 Å². The number of amides is 1. The first kappa shape index (κ1) is 19.2. The Morgan fingerprint density at radius 1 is 1.33 bits per heavy atom. The standard InChI is InChI=1S/C19H28N2O2.ClH/c1-2-15-3-6-17(7-4-15)18-13-20-10-11-21(18)19(22)8-5-16-9-12-23-14-16;/h3-4,6-7,16,18,20H,2,5,8-14H2,1H3;1H. The van der Waals surface area contributed by atoms with Gasteiger partial charge in [-0.1, -0.05) is 31.2 Å². The minimum atomic E-state index is 0. The number of carbonyl (C=O) groups is 1. The van der Waals surface area contributed by atoms with Gasteiger partial charge < -0.3 is 15.0 Å². The minimum Gasteiger partial charge on any atom is -0.381 e. The molecule has 2 atom stereocenters. The van der Waals surface area contributed by atoms with E-state index in [9.17, 15) is 4.79 Å². The van der Waals surface area contributed by atoms with Crippen LogP contribution in [0.25, 0.3) is 0 Å². The Hall–Kier alpha value is -1.10. The normalized spacial score (nSPS) is 23.8. The first-order chi connectivity index (χ1) is 11.3. The summed E-state index contributed by atoms with van der Waals surface area (Å²) >= 11 is 0. The Balaban J connectivity index is 0.00000208. The van der Waals surface area contributed by atoms with Crippen molar-refractivity contribution in [1.29, 1.82) is 0 Å². The number of carbonyl (C=O) groups excluding carboxylic acids is 1. The SMILES string of the molecule is CCc1ccc(C2CNCCN2C(=O)CCC2CCOC2)cc1.Cl. The summed E-state index contributed by atoms with van der Waals surface area (Å²) in [4.78, 5) is 14.8. The molecular formula is C19H29ClN2O2. The molecule has 2 aliphatic rings. The summed E-state index contributed by atoms with van der Waals surface area (Å²) in [6.07, 6.45) is 3.77. The van der Waals surface area contributed by atoms with E-state index in [2.05, 4.69) is 41.4 Å². The summed E-state index contributed by atoms with van der Waals surface area (Å²) in [6.45, 7) is 6.40. The fourth-order valence-corrected chi connectivity index (χ4v) is 3.56. The lowest BCUT2D eigenvalue weighted by Gasteiger charge is -2.37. The quantitative estimate of drug-likeness (QED) is 0.885. The van der Waals surface area contributed by atoms with E-state index < -0.39 is 0 Å². The molecule has 0 bridgehead atoms. The van der Waals surface area contributed by atoms with Gasteiger partial charge in [0.2, 0.25) is 5.91 Å². The molecule has 2 aliphatic heterocycles.